The molecule has 0 aliphatic heterocycles. The van der Waals surface area contributed by atoms with E-state index in [1.807, 2.05) is 5.38 Å². The maximum Gasteiger partial charge on any atom is 0.145 e. The lowest BCUT2D eigenvalue weighted by atomic mass is 10.2. The normalized spacial score (nSPS) is 12.9. The Morgan fingerprint density at radius 1 is 1.62 bits per heavy atom. The molecule has 2 aromatic heterocycles. The van der Waals surface area contributed by atoms with Crippen LogP contribution in [0, 0.1) is 0 Å². The topological polar surface area (TPSA) is 80.5 Å². The van der Waals surface area contributed by atoms with Crippen molar-refractivity contribution in [2.45, 2.75) is 12.5 Å². The second-order valence-corrected chi connectivity index (χ2v) is 5.16. The van der Waals surface area contributed by atoms with E-state index in [0.717, 1.165) is 28.6 Å². The van der Waals surface area contributed by atoms with Crippen LogP contribution >= 0.6 is 23.1 Å². The van der Waals surface area contributed by atoms with Crippen molar-refractivity contribution in [3.8, 4) is 10.7 Å². The van der Waals surface area contributed by atoms with E-state index in [-0.39, 0.29) is 6.04 Å². The number of rotatable bonds is 5. The third-order valence-electron chi connectivity index (χ3n) is 2.17. The van der Waals surface area contributed by atoms with Gasteiger partial charge < -0.3 is 5.73 Å². The summed E-state index contributed by atoms with van der Waals surface area (Å²) >= 11 is 3.35. The minimum absolute atomic E-state index is 0.0179. The van der Waals surface area contributed by atoms with Crippen LogP contribution in [-0.2, 0) is 0 Å². The average molecular weight is 255 g/mol. The Balaban J connectivity index is 2.07. The molecule has 2 rings (SSSR count). The Bertz CT molecular complexity index is 425. The van der Waals surface area contributed by atoms with E-state index in [0.29, 0.717) is 0 Å². The summed E-state index contributed by atoms with van der Waals surface area (Å²) in [5.41, 5.74) is 7.75. The molecule has 0 aliphatic carbocycles. The maximum absolute atomic E-state index is 6.03. The van der Waals surface area contributed by atoms with Crippen molar-refractivity contribution < 1.29 is 0 Å². The van der Waals surface area contributed by atoms with Crippen LogP contribution in [0.5, 0.6) is 0 Å². The number of thiazole rings is 1. The zero-order chi connectivity index (χ0) is 11.4. The maximum atomic E-state index is 6.03. The van der Waals surface area contributed by atoms with Crippen molar-refractivity contribution in [1.29, 1.82) is 0 Å². The highest BCUT2D eigenvalue weighted by Gasteiger charge is 2.12. The smallest absolute Gasteiger partial charge is 0.145 e. The first-order valence-corrected chi connectivity index (χ1v) is 7.14. The van der Waals surface area contributed by atoms with Crippen LogP contribution in [0.4, 0.5) is 0 Å². The number of hydrogen-bond donors (Lipinski definition) is 2. The Labute approximate surface area is 102 Å². The third kappa shape index (κ3) is 2.60. The monoisotopic (exact) mass is 255 g/mol. The number of nitrogens with one attached hydrogen (secondary N) is 1. The van der Waals surface area contributed by atoms with Crippen LogP contribution in [0.25, 0.3) is 10.7 Å². The van der Waals surface area contributed by atoms with Crippen LogP contribution in [0.15, 0.2) is 11.6 Å². The van der Waals surface area contributed by atoms with Gasteiger partial charge in [-0.25, -0.2) is 4.98 Å². The van der Waals surface area contributed by atoms with Crippen molar-refractivity contribution in [3.05, 3.63) is 17.3 Å². The summed E-state index contributed by atoms with van der Waals surface area (Å²) in [6.07, 6.45) is 4.69. The molecule has 2 heterocycles. The molecule has 0 saturated heterocycles. The number of hydrogen-bond acceptors (Lipinski definition) is 6. The molecule has 0 aliphatic rings. The van der Waals surface area contributed by atoms with Crippen LogP contribution in [0.3, 0.4) is 0 Å². The number of nitrogens with two attached hydrogens (primary N) is 1. The quantitative estimate of drug-likeness (QED) is 0.849. The number of aromatic amines is 1. The fourth-order valence-electron chi connectivity index (χ4n) is 1.27. The standard InChI is InChI=1S/C9H13N5S2/c1-15-3-2-6(10)8-5-16-9(12-8)7-4-11-14-13-7/h4-6H,2-3,10H2,1H3,(H,11,13,14). The van der Waals surface area contributed by atoms with Gasteiger partial charge >= 0.3 is 0 Å². The van der Waals surface area contributed by atoms with E-state index in [9.17, 15) is 0 Å². The lowest BCUT2D eigenvalue weighted by Crippen LogP contribution is -2.11. The zero-order valence-corrected chi connectivity index (χ0v) is 10.5. The highest BCUT2D eigenvalue weighted by atomic mass is 32.2. The predicted molar refractivity (Wildman–Crippen MR) is 67.4 cm³/mol. The van der Waals surface area contributed by atoms with Crippen molar-refractivity contribution >= 4 is 23.1 Å². The van der Waals surface area contributed by atoms with Gasteiger partial charge in [0, 0.05) is 11.4 Å². The Morgan fingerprint density at radius 2 is 2.50 bits per heavy atom. The second-order valence-electron chi connectivity index (χ2n) is 3.32. The van der Waals surface area contributed by atoms with E-state index in [1.54, 1.807) is 29.3 Å². The molecular weight excluding hydrogens is 242 g/mol. The first-order valence-electron chi connectivity index (χ1n) is 4.87. The van der Waals surface area contributed by atoms with Crippen LogP contribution in [-0.4, -0.2) is 32.4 Å². The number of nitrogens with zero attached hydrogens (tertiary/aromatic N) is 3. The molecule has 3 N–H and O–H groups in total. The van der Waals surface area contributed by atoms with Gasteiger partial charge in [0.1, 0.15) is 10.7 Å². The molecule has 86 valence electrons. The number of thioether (sulfide) groups is 1. The Morgan fingerprint density at radius 3 is 3.19 bits per heavy atom. The molecule has 7 heteroatoms. The van der Waals surface area contributed by atoms with E-state index in [2.05, 4.69) is 26.7 Å². The van der Waals surface area contributed by atoms with Crippen LogP contribution < -0.4 is 5.73 Å². The van der Waals surface area contributed by atoms with Crippen molar-refractivity contribution in [1.82, 2.24) is 20.4 Å². The van der Waals surface area contributed by atoms with Gasteiger partial charge in [-0.15, -0.1) is 11.3 Å². The van der Waals surface area contributed by atoms with Gasteiger partial charge in [-0.1, -0.05) is 0 Å². The summed E-state index contributed by atoms with van der Waals surface area (Å²) in [6, 6.07) is 0.0179. The van der Waals surface area contributed by atoms with Gasteiger partial charge in [-0.2, -0.15) is 27.2 Å². The molecule has 0 radical (unpaired) electrons. The summed E-state index contributed by atoms with van der Waals surface area (Å²) in [7, 11) is 0. The first-order chi connectivity index (χ1) is 7.81. The van der Waals surface area contributed by atoms with Gasteiger partial charge in [0.2, 0.25) is 0 Å². The third-order valence-corrected chi connectivity index (χ3v) is 3.70. The molecular formula is C9H13N5S2. The molecule has 2 aromatic rings. The molecule has 0 amide bonds. The number of H-pyrrole nitrogens is 1. The fourth-order valence-corrected chi connectivity index (χ4v) is 2.60. The summed E-state index contributed by atoms with van der Waals surface area (Å²) in [5.74, 6) is 1.05. The van der Waals surface area contributed by atoms with E-state index in [1.165, 1.54) is 0 Å². The Kier molecular flexibility index (Phi) is 3.92. The Hall–Kier alpha value is -0.920. The second kappa shape index (κ2) is 5.42. The molecule has 0 spiro atoms. The summed E-state index contributed by atoms with van der Waals surface area (Å²) in [4.78, 5) is 4.47. The van der Waals surface area contributed by atoms with Crippen LogP contribution in [0.1, 0.15) is 18.2 Å². The molecule has 0 aromatic carbocycles. The molecule has 1 atom stereocenters. The molecule has 0 bridgehead atoms. The SMILES string of the molecule is CSCCC(N)c1csc(-c2cn[nH]n2)n1. The van der Waals surface area contributed by atoms with Gasteiger partial charge in [0.05, 0.1) is 11.9 Å². The zero-order valence-electron chi connectivity index (χ0n) is 8.88. The summed E-state index contributed by atoms with van der Waals surface area (Å²) < 4.78 is 0. The molecule has 1 unspecified atom stereocenters. The van der Waals surface area contributed by atoms with Crippen molar-refractivity contribution in [2.24, 2.45) is 5.73 Å². The average Bonchev–Trinajstić information content (AvgIpc) is 2.94. The lowest BCUT2D eigenvalue weighted by molar-refractivity contribution is 0.687. The first kappa shape index (κ1) is 11.6. The van der Waals surface area contributed by atoms with E-state index < -0.39 is 0 Å². The number of aromatic nitrogens is 4. The summed E-state index contributed by atoms with van der Waals surface area (Å²) in [5, 5.41) is 13.2. The minimum Gasteiger partial charge on any atom is -0.323 e. The van der Waals surface area contributed by atoms with Gasteiger partial charge in [-0.3, -0.25) is 0 Å². The highest BCUT2D eigenvalue weighted by molar-refractivity contribution is 7.98. The molecule has 0 fully saturated rings. The van der Waals surface area contributed by atoms with Gasteiger partial charge in [0.15, 0.2) is 0 Å². The van der Waals surface area contributed by atoms with E-state index in [4.69, 9.17) is 5.73 Å². The summed E-state index contributed by atoms with van der Waals surface area (Å²) in [6.45, 7) is 0. The van der Waals surface area contributed by atoms with Gasteiger partial charge in [0.25, 0.3) is 0 Å². The van der Waals surface area contributed by atoms with Gasteiger partial charge in [-0.05, 0) is 18.4 Å². The van der Waals surface area contributed by atoms with E-state index >= 15 is 0 Å². The molecule has 16 heavy (non-hydrogen) atoms. The van der Waals surface area contributed by atoms with Crippen LogP contribution in [0.2, 0.25) is 0 Å². The van der Waals surface area contributed by atoms with Crippen molar-refractivity contribution in [3.63, 3.8) is 0 Å². The fraction of sp³-hybridized carbons (Fsp3) is 0.444. The lowest BCUT2D eigenvalue weighted by Gasteiger charge is -2.06. The van der Waals surface area contributed by atoms with Crippen molar-refractivity contribution in [2.75, 3.05) is 12.0 Å². The largest absolute Gasteiger partial charge is 0.323 e. The highest BCUT2D eigenvalue weighted by Crippen LogP contribution is 2.24. The predicted octanol–water partition coefficient (Wildman–Crippen LogP) is 1.68. The molecule has 5 nitrogen and oxygen atoms in total. The molecule has 0 saturated carbocycles. The minimum atomic E-state index is 0.0179.